The molecule has 0 unspecified atom stereocenters. The molecule has 0 aliphatic carbocycles. The third-order valence-electron chi connectivity index (χ3n) is 2.33. The number of halogens is 2. The standard InChI is InChI=1S/C12H12ClFN2/c1-3-15-11-4-7(2)16-12-9(11)5-8(14)6-10(12)13/h4-6H,3H2,1-2H3,(H,15,16). The van der Waals surface area contributed by atoms with Crippen molar-refractivity contribution >= 4 is 28.2 Å². The molecule has 0 saturated carbocycles. The summed E-state index contributed by atoms with van der Waals surface area (Å²) in [4.78, 5) is 4.32. The van der Waals surface area contributed by atoms with Gasteiger partial charge in [0, 0.05) is 23.3 Å². The first-order valence-electron chi connectivity index (χ1n) is 5.12. The summed E-state index contributed by atoms with van der Waals surface area (Å²) >= 11 is 5.98. The number of benzene rings is 1. The van der Waals surface area contributed by atoms with Gasteiger partial charge < -0.3 is 5.32 Å². The summed E-state index contributed by atoms with van der Waals surface area (Å²) in [6.45, 7) is 4.65. The summed E-state index contributed by atoms with van der Waals surface area (Å²) in [5.74, 6) is -0.345. The Morgan fingerprint density at radius 2 is 2.12 bits per heavy atom. The van der Waals surface area contributed by atoms with Crippen LogP contribution in [0.4, 0.5) is 10.1 Å². The highest BCUT2D eigenvalue weighted by molar-refractivity contribution is 6.35. The van der Waals surface area contributed by atoms with E-state index in [9.17, 15) is 4.39 Å². The fourth-order valence-corrected chi connectivity index (χ4v) is 1.97. The molecule has 2 rings (SSSR count). The normalized spacial score (nSPS) is 10.8. The van der Waals surface area contributed by atoms with Crippen LogP contribution in [0, 0.1) is 12.7 Å². The van der Waals surface area contributed by atoms with Crippen molar-refractivity contribution in [2.45, 2.75) is 13.8 Å². The molecule has 2 nitrogen and oxygen atoms in total. The predicted molar refractivity (Wildman–Crippen MR) is 65.6 cm³/mol. The molecule has 1 aromatic heterocycles. The van der Waals surface area contributed by atoms with Crippen molar-refractivity contribution in [2.24, 2.45) is 0 Å². The van der Waals surface area contributed by atoms with E-state index in [0.717, 1.165) is 23.3 Å². The number of anilines is 1. The average molecular weight is 239 g/mol. The van der Waals surface area contributed by atoms with Gasteiger partial charge in [0.25, 0.3) is 0 Å². The fourth-order valence-electron chi connectivity index (χ4n) is 1.72. The third kappa shape index (κ3) is 1.95. The summed E-state index contributed by atoms with van der Waals surface area (Å²) in [6.07, 6.45) is 0. The van der Waals surface area contributed by atoms with Gasteiger partial charge in [0.05, 0.1) is 10.5 Å². The van der Waals surface area contributed by atoms with E-state index in [1.54, 1.807) is 0 Å². The average Bonchev–Trinajstić information content (AvgIpc) is 2.20. The summed E-state index contributed by atoms with van der Waals surface area (Å²) in [5, 5.41) is 4.25. The number of pyridine rings is 1. The highest BCUT2D eigenvalue weighted by atomic mass is 35.5. The van der Waals surface area contributed by atoms with Gasteiger partial charge in [-0.1, -0.05) is 11.6 Å². The van der Waals surface area contributed by atoms with E-state index < -0.39 is 0 Å². The maximum atomic E-state index is 13.3. The van der Waals surface area contributed by atoms with Crippen LogP contribution in [0.3, 0.4) is 0 Å². The molecular formula is C12H12ClFN2. The molecule has 0 amide bonds. The zero-order chi connectivity index (χ0) is 11.7. The lowest BCUT2D eigenvalue weighted by Crippen LogP contribution is -1.99. The van der Waals surface area contributed by atoms with Crippen molar-refractivity contribution < 1.29 is 4.39 Å². The van der Waals surface area contributed by atoms with Gasteiger partial charge in [0.15, 0.2) is 0 Å². The number of nitrogens with one attached hydrogen (secondary N) is 1. The molecule has 0 aliphatic heterocycles. The molecule has 0 aliphatic rings. The first-order valence-corrected chi connectivity index (χ1v) is 5.50. The van der Waals surface area contributed by atoms with Crippen molar-refractivity contribution in [3.63, 3.8) is 0 Å². The number of aromatic nitrogens is 1. The van der Waals surface area contributed by atoms with E-state index >= 15 is 0 Å². The molecule has 0 bridgehead atoms. The highest BCUT2D eigenvalue weighted by Gasteiger charge is 2.08. The Morgan fingerprint density at radius 1 is 1.38 bits per heavy atom. The Kier molecular flexibility index (Phi) is 2.97. The van der Waals surface area contributed by atoms with Crippen molar-refractivity contribution in [3.05, 3.63) is 34.7 Å². The van der Waals surface area contributed by atoms with Crippen LogP contribution < -0.4 is 5.32 Å². The zero-order valence-electron chi connectivity index (χ0n) is 9.14. The first-order chi connectivity index (χ1) is 7.61. The molecule has 1 N–H and O–H groups in total. The van der Waals surface area contributed by atoms with Gasteiger partial charge in [-0.2, -0.15) is 0 Å². The summed E-state index contributed by atoms with van der Waals surface area (Å²) in [6, 6.07) is 4.62. The minimum Gasteiger partial charge on any atom is -0.385 e. The molecule has 4 heteroatoms. The van der Waals surface area contributed by atoms with Crippen LogP contribution in [0.1, 0.15) is 12.6 Å². The van der Waals surface area contributed by atoms with Crippen LogP contribution in [0.15, 0.2) is 18.2 Å². The van der Waals surface area contributed by atoms with Crippen molar-refractivity contribution in [1.29, 1.82) is 0 Å². The fraction of sp³-hybridized carbons (Fsp3) is 0.250. The topological polar surface area (TPSA) is 24.9 Å². The molecule has 2 aromatic rings. The van der Waals surface area contributed by atoms with Gasteiger partial charge in [-0.3, -0.25) is 4.98 Å². The maximum absolute atomic E-state index is 13.3. The second-order valence-electron chi connectivity index (χ2n) is 3.63. The van der Waals surface area contributed by atoms with Gasteiger partial charge in [0.1, 0.15) is 5.82 Å². The predicted octanol–water partition coefficient (Wildman–Crippen LogP) is 3.77. The summed E-state index contributed by atoms with van der Waals surface area (Å²) in [7, 11) is 0. The number of aryl methyl sites for hydroxylation is 1. The summed E-state index contributed by atoms with van der Waals surface area (Å²) in [5.41, 5.74) is 2.36. The highest BCUT2D eigenvalue weighted by Crippen LogP contribution is 2.29. The molecule has 16 heavy (non-hydrogen) atoms. The number of rotatable bonds is 2. The third-order valence-corrected chi connectivity index (χ3v) is 2.62. The second-order valence-corrected chi connectivity index (χ2v) is 4.03. The largest absolute Gasteiger partial charge is 0.385 e. The molecule has 0 fully saturated rings. The maximum Gasteiger partial charge on any atom is 0.125 e. The van der Waals surface area contributed by atoms with E-state index in [1.165, 1.54) is 12.1 Å². The SMILES string of the molecule is CCNc1cc(C)nc2c(Cl)cc(F)cc12. The van der Waals surface area contributed by atoms with E-state index in [1.807, 2.05) is 19.9 Å². The molecule has 0 atom stereocenters. The second kappa shape index (κ2) is 4.26. The number of nitrogens with zero attached hydrogens (tertiary/aromatic N) is 1. The van der Waals surface area contributed by atoms with Gasteiger partial charge in [-0.15, -0.1) is 0 Å². The molecule has 0 radical (unpaired) electrons. The Labute approximate surface area is 98.4 Å². The molecule has 0 saturated heterocycles. The van der Waals surface area contributed by atoms with E-state index in [2.05, 4.69) is 10.3 Å². The molecular weight excluding hydrogens is 227 g/mol. The van der Waals surface area contributed by atoms with E-state index in [-0.39, 0.29) is 5.82 Å². The van der Waals surface area contributed by atoms with Crippen LogP contribution in [-0.2, 0) is 0 Å². The minimum atomic E-state index is -0.345. The number of hydrogen-bond acceptors (Lipinski definition) is 2. The van der Waals surface area contributed by atoms with Gasteiger partial charge in [0.2, 0.25) is 0 Å². The van der Waals surface area contributed by atoms with E-state index in [0.29, 0.717) is 10.5 Å². The van der Waals surface area contributed by atoms with Crippen LogP contribution in [0.2, 0.25) is 5.02 Å². The first kappa shape index (κ1) is 11.1. The monoisotopic (exact) mass is 238 g/mol. The van der Waals surface area contributed by atoms with Crippen LogP contribution in [0.25, 0.3) is 10.9 Å². The van der Waals surface area contributed by atoms with Crippen molar-refractivity contribution in [1.82, 2.24) is 4.98 Å². The molecule has 84 valence electrons. The molecule has 1 aromatic carbocycles. The van der Waals surface area contributed by atoms with Gasteiger partial charge in [-0.25, -0.2) is 4.39 Å². The lowest BCUT2D eigenvalue weighted by atomic mass is 10.1. The lowest BCUT2D eigenvalue weighted by Gasteiger charge is -2.10. The number of hydrogen-bond donors (Lipinski definition) is 1. The lowest BCUT2D eigenvalue weighted by molar-refractivity contribution is 0.629. The number of fused-ring (bicyclic) bond motifs is 1. The Morgan fingerprint density at radius 3 is 2.81 bits per heavy atom. The Bertz CT molecular complexity index is 540. The van der Waals surface area contributed by atoms with Crippen LogP contribution in [-0.4, -0.2) is 11.5 Å². The Balaban J connectivity index is 2.78. The smallest absolute Gasteiger partial charge is 0.125 e. The Hall–Kier alpha value is -1.35. The van der Waals surface area contributed by atoms with Crippen molar-refractivity contribution in [2.75, 3.05) is 11.9 Å². The molecule has 0 spiro atoms. The summed E-state index contributed by atoms with van der Waals surface area (Å²) < 4.78 is 13.3. The van der Waals surface area contributed by atoms with Gasteiger partial charge in [-0.05, 0) is 32.0 Å². The zero-order valence-corrected chi connectivity index (χ0v) is 9.90. The van der Waals surface area contributed by atoms with Crippen molar-refractivity contribution in [3.8, 4) is 0 Å². The molecule has 1 heterocycles. The van der Waals surface area contributed by atoms with Crippen LogP contribution in [0.5, 0.6) is 0 Å². The van der Waals surface area contributed by atoms with Gasteiger partial charge >= 0.3 is 0 Å². The quantitative estimate of drug-likeness (QED) is 0.862. The van der Waals surface area contributed by atoms with Crippen LogP contribution >= 0.6 is 11.6 Å². The minimum absolute atomic E-state index is 0.345. The van der Waals surface area contributed by atoms with E-state index in [4.69, 9.17) is 11.6 Å².